The summed E-state index contributed by atoms with van der Waals surface area (Å²) < 4.78 is 5.68. The number of nitrogens with zero attached hydrogens (tertiary/aromatic N) is 1. The van der Waals surface area contributed by atoms with Crippen molar-refractivity contribution in [3.63, 3.8) is 0 Å². The molecule has 1 aromatic carbocycles. The summed E-state index contributed by atoms with van der Waals surface area (Å²) in [6.45, 7) is 7.98. The SMILES string of the molecule is C=CCOc1ccccc1CN=C(NCC)NCCC(=O)NC1CCCCC1. The smallest absolute Gasteiger partial charge is 0.221 e. The predicted octanol–water partition coefficient (Wildman–Crippen LogP) is 3.15. The van der Waals surface area contributed by atoms with Crippen molar-refractivity contribution < 1.29 is 9.53 Å². The Balaban J connectivity index is 1.81. The third-order valence-corrected chi connectivity index (χ3v) is 4.70. The summed E-state index contributed by atoms with van der Waals surface area (Å²) in [7, 11) is 0. The van der Waals surface area contributed by atoms with E-state index in [1.807, 2.05) is 31.2 Å². The first-order valence-corrected chi connectivity index (χ1v) is 10.4. The molecule has 0 aliphatic heterocycles. The third-order valence-electron chi connectivity index (χ3n) is 4.70. The average molecular weight is 387 g/mol. The van der Waals surface area contributed by atoms with Gasteiger partial charge in [0.15, 0.2) is 5.96 Å². The maximum Gasteiger partial charge on any atom is 0.221 e. The highest BCUT2D eigenvalue weighted by Crippen LogP contribution is 2.19. The van der Waals surface area contributed by atoms with E-state index in [2.05, 4.69) is 27.5 Å². The van der Waals surface area contributed by atoms with Gasteiger partial charge in [-0.25, -0.2) is 4.99 Å². The second-order valence-electron chi connectivity index (χ2n) is 6.98. The molecule has 1 amide bonds. The lowest BCUT2D eigenvalue weighted by atomic mass is 9.95. The van der Waals surface area contributed by atoms with Crippen LogP contribution in [-0.2, 0) is 11.3 Å². The maximum absolute atomic E-state index is 12.1. The van der Waals surface area contributed by atoms with E-state index in [1.54, 1.807) is 6.08 Å². The molecule has 1 aliphatic carbocycles. The molecule has 1 aromatic rings. The molecule has 6 heteroatoms. The van der Waals surface area contributed by atoms with Gasteiger partial charge in [0.2, 0.25) is 5.91 Å². The van der Waals surface area contributed by atoms with Crippen molar-refractivity contribution in [1.29, 1.82) is 0 Å². The van der Waals surface area contributed by atoms with Crippen LogP contribution in [0, 0.1) is 0 Å². The number of hydrogen-bond donors (Lipinski definition) is 3. The van der Waals surface area contributed by atoms with Gasteiger partial charge in [0.1, 0.15) is 12.4 Å². The lowest BCUT2D eigenvalue weighted by Gasteiger charge is -2.22. The first-order chi connectivity index (χ1) is 13.7. The van der Waals surface area contributed by atoms with Crippen LogP contribution in [0.25, 0.3) is 0 Å². The molecule has 1 saturated carbocycles. The fraction of sp³-hybridized carbons (Fsp3) is 0.545. The minimum Gasteiger partial charge on any atom is -0.489 e. The largest absolute Gasteiger partial charge is 0.489 e. The van der Waals surface area contributed by atoms with Gasteiger partial charge in [-0.3, -0.25) is 4.79 Å². The zero-order valence-corrected chi connectivity index (χ0v) is 17.0. The van der Waals surface area contributed by atoms with Gasteiger partial charge in [-0.15, -0.1) is 0 Å². The van der Waals surface area contributed by atoms with Crippen molar-refractivity contribution in [1.82, 2.24) is 16.0 Å². The van der Waals surface area contributed by atoms with Crippen LogP contribution < -0.4 is 20.7 Å². The number of hydrogen-bond acceptors (Lipinski definition) is 3. The van der Waals surface area contributed by atoms with Gasteiger partial charge in [-0.05, 0) is 25.8 Å². The van der Waals surface area contributed by atoms with Crippen LogP contribution >= 0.6 is 0 Å². The molecule has 154 valence electrons. The Morgan fingerprint density at radius 2 is 2.04 bits per heavy atom. The lowest BCUT2D eigenvalue weighted by molar-refractivity contribution is -0.121. The van der Waals surface area contributed by atoms with Crippen LogP contribution in [0.3, 0.4) is 0 Å². The monoisotopic (exact) mass is 386 g/mol. The summed E-state index contributed by atoms with van der Waals surface area (Å²) in [5.74, 6) is 1.62. The Morgan fingerprint density at radius 1 is 1.25 bits per heavy atom. The zero-order chi connectivity index (χ0) is 20.0. The van der Waals surface area contributed by atoms with E-state index in [4.69, 9.17) is 4.74 Å². The molecule has 0 spiro atoms. The van der Waals surface area contributed by atoms with Gasteiger partial charge in [0, 0.05) is 31.1 Å². The summed E-state index contributed by atoms with van der Waals surface area (Å²) >= 11 is 0. The van der Waals surface area contributed by atoms with Gasteiger partial charge < -0.3 is 20.7 Å². The van der Waals surface area contributed by atoms with Gasteiger partial charge >= 0.3 is 0 Å². The number of rotatable bonds is 10. The first-order valence-electron chi connectivity index (χ1n) is 10.4. The molecule has 0 radical (unpaired) electrons. The van der Waals surface area contributed by atoms with E-state index in [0.29, 0.717) is 38.1 Å². The molecule has 0 atom stereocenters. The van der Waals surface area contributed by atoms with E-state index in [0.717, 1.165) is 30.7 Å². The Hall–Kier alpha value is -2.50. The summed E-state index contributed by atoms with van der Waals surface area (Å²) in [4.78, 5) is 16.8. The van der Waals surface area contributed by atoms with Crippen LogP contribution in [0.15, 0.2) is 41.9 Å². The van der Waals surface area contributed by atoms with Crippen molar-refractivity contribution in [2.45, 2.75) is 58.0 Å². The maximum atomic E-state index is 12.1. The first kappa shape index (κ1) is 21.8. The van der Waals surface area contributed by atoms with Crippen molar-refractivity contribution in [3.8, 4) is 5.75 Å². The van der Waals surface area contributed by atoms with Crippen LogP contribution in [0.1, 0.15) is 51.0 Å². The quantitative estimate of drug-likeness (QED) is 0.328. The van der Waals surface area contributed by atoms with E-state index >= 15 is 0 Å². The molecule has 1 fully saturated rings. The molecule has 0 unspecified atom stereocenters. The number of carbonyl (C=O) groups excluding carboxylic acids is 1. The summed E-state index contributed by atoms with van der Waals surface area (Å²) in [5.41, 5.74) is 1.01. The Kier molecular flexibility index (Phi) is 9.97. The Labute approximate surface area is 168 Å². The molecule has 0 saturated heterocycles. The van der Waals surface area contributed by atoms with Gasteiger partial charge in [-0.2, -0.15) is 0 Å². The average Bonchev–Trinajstić information content (AvgIpc) is 2.71. The molecule has 2 rings (SSSR count). The number of para-hydroxylation sites is 1. The highest BCUT2D eigenvalue weighted by Gasteiger charge is 2.15. The van der Waals surface area contributed by atoms with Crippen molar-refractivity contribution in [3.05, 3.63) is 42.5 Å². The number of amides is 1. The third kappa shape index (κ3) is 8.03. The summed E-state index contributed by atoms with van der Waals surface area (Å²) in [6, 6.07) is 8.21. The second kappa shape index (κ2) is 12.8. The summed E-state index contributed by atoms with van der Waals surface area (Å²) in [6.07, 6.45) is 8.12. The molecule has 0 aromatic heterocycles. The molecule has 0 heterocycles. The van der Waals surface area contributed by atoms with Crippen LogP contribution in [-0.4, -0.2) is 37.6 Å². The topological polar surface area (TPSA) is 74.8 Å². The highest BCUT2D eigenvalue weighted by atomic mass is 16.5. The second-order valence-corrected chi connectivity index (χ2v) is 6.98. The molecule has 6 nitrogen and oxygen atoms in total. The van der Waals surface area contributed by atoms with Gasteiger partial charge in [0.05, 0.1) is 6.54 Å². The predicted molar refractivity (Wildman–Crippen MR) is 115 cm³/mol. The number of nitrogens with one attached hydrogen (secondary N) is 3. The molecule has 3 N–H and O–H groups in total. The fourth-order valence-electron chi connectivity index (χ4n) is 3.27. The zero-order valence-electron chi connectivity index (χ0n) is 17.0. The van der Waals surface area contributed by atoms with Crippen LogP contribution in [0.2, 0.25) is 0 Å². The number of guanidine groups is 1. The molecular weight excluding hydrogens is 352 g/mol. The molecule has 28 heavy (non-hydrogen) atoms. The van der Waals surface area contributed by atoms with Gasteiger partial charge in [0.25, 0.3) is 0 Å². The highest BCUT2D eigenvalue weighted by molar-refractivity contribution is 5.81. The summed E-state index contributed by atoms with van der Waals surface area (Å²) in [5, 5.41) is 9.61. The Morgan fingerprint density at radius 3 is 2.79 bits per heavy atom. The van der Waals surface area contributed by atoms with Crippen LogP contribution in [0.4, 0.5) is 0 Å². The van der Waals surface area contributed by atoms with Gasteiger partial charge in [-0.1, -0.05) is 50.1 Å². The minimum absolute atomic E-state index is 0.110. The minimum atomic E-state index is 0.110. The Bertz CT molecular complexity index is 639. The number of aliphatic imine (C=N–C) groups is 1. The van der Waals surface area contributed by atoms with Crippen molar-refractivity contribution >= 4 is 11.9 Å². The number of carbonyl (C=O) groups is 1. The van der Waals surface area contributed by atoms with E-state index in [1.165, 1.54) is 19.3 Å². The number of benzene rings is 1. The molecular formula is C22H34N4O2. The molecule has 0 bridgehead atoms. The number of ether oxygens (including phenoxy) is 1. The molecule has 1 aliphatic rings. The normalized spacial score (nSPS) is 15.0. The van der Waals surface area contributed by atoms with Crippen molar-refractivity contribution in [2.24, 2.45) is 4.99 Å². The van der Waals surface area contributed by atoms with E-state index in [-0.39, 0.29) is 5.91 Å². The van der Waals surface area contributed by atoms with E-state index in [9.17, 15) is 4.79 Å². The van der Waals surface area contributed by atoms with Crippen LogP contribution in [0.5, 0.6) is 5.75 Å². The van der Waals surface area contributed by atoms with Crippen molar-refractivity contribution in [2.75, 3.05) is 19.7 Å². The lowest BCUT2D eigenvalue weighted by Crippen LogP contribution is -2.41. The fourth-order valence-corrected chi connectivity index (χ4v) is 3.27. The standard InChI is InChI=1S/C22H34N4O2/c1-3-16-28-20-13-9-8-10-18(20)17-25-22(23-4-2)24-15-14-21(27)26-19-11-6-5-7-12-19/h3,8-10,13,19H,1,4-7,11-12,14-17H2,2H3,(H,26,27)(H2,23,24,25). The van der Waals surface area contributed by atoms with E-state index < -0.39 is 0 Å².